The number of alkyl halides is 4. The van der Waals surface area contributed by atoms with Gasteiger partial charge in [0, 0.05) is 34.9 Å². The molecule has 0 spiro atoms. The van der Waals surface area contributed by atoms with Gasteiger partial charge in [0.1, 0.15) is 40.9 Å². The molecule has 3 atom stereocenters. The maximum Gasteiger partial charge on any atom is 0.293 e. The lowest BCUT2D eigenvalue weighted by Gasteiger charge is -2.23. The van der Waals surface area contributed by atoms with Crippen LogP contribution in [0, 0.1) is 29.4 Å². The Balaban J connectivity index is 1.32. The molecular weight excluding hydrogens is 666 g/mol. The maximum atomic E-state index is 15.2. The van der Waals surface area contributed by atoms with Crippen LogP contribution in [0.15, 0.2) is 48.7 Å². The van der Waals surface area contributed by atoms with Crippen molar-refractivity contribution in [2.24, 2.45) is 5.92 Å². The van der Waals surface area contributed by atoms with Gasteiger partial charge in [0.15, 0.2) is 5.65 Å². The Morgan fingerprint density at radius 2 is 1.86 bits per heavy atom. The average Bonchev–Trinajstić information content (AvgIpc) is 3.55. The first-order valence-corrected chi connectivity index (χ1v) is 15.5. The number of nitrogens with zero attached hydrogens (tertiary/aromatic N) is 6. The summed E-state index contributed by atoms with van der Waals surface area (Å²) in [6.07, 6.45) is -1.71. The molecule has 0 aliphatic heterocycles. The summed E-state index contributed by atoms with van der Waals surface area (Å²) in [6, 6.07) is 8.11. The largest absolute Gasteiger partial charge is 0.378 e. The number of carbonyl (C=O) groups is 1. The second-order valence-electron chi connectivity index (χ2n) is 12.9. The van der Waals surface area contributed by atoms with Gasteiger partial charge in [-0.3, -0.25) is 13.9 Å². The molecule has 50 heavy (non-hydrogen) atoms. The van der Waals surface area contributed by atoms with E-state index in [1.54, 1.807) is 30.5 Å². The first-order valence-electron chi connectivity index (χ1n) is 15.5. The van der Waals surface area contributed by atoms with Crippen LogP contribution in [0.1, 0.15) is 72.6 Å². The first kappa shape index (κ1) is 33.1. The van der Waals surface area contributed by atoms with Crippen LogP contribution in [0.5, 0.6) is 0 Å². The molecule has 0 bridgehead atoms. The summed E-state index contributed by atoms with van der Waals surface area (Å²) in [5, 5.41) is 24.5. The number of nitrogens with one attached hydrogen (secondary N) is 1. The van der Waals surface area contributed by atoms with E-state index in [-0.39, 0.29) is 41.3 Å². The Bertz CT molecular complexity index is 2210. The second-order valence-corrected chi connectivity index (χ2v) is 12.9. The first-order chi connectivity index (χ1) is 23.6. The molecule has 16 heteroatoms. The van der Waals surface area contributed by atoms with Crippen LogP contribution in [-0.2, 0) is 23.7 Å². The van der Waals surface area contributed by atoms with Crippen molar-refractivity contribution in [3.8, 4) is 23.0 Å². The molecule has 4 N–H and O–H groups in total. The molecule has 10 nitrogen and oxygen atoms in total. The minimum Gasteiger partial charge on any atom is -0.378 e. The summed E-state index contributed by atoms with van der Waals surface area (Å²) in [5.74, 6) is -2.52. The highest BCUT2D eigenvalue weighted by molar-refractivity contribution is 5.77. The van der Waals surface area contributed by atoms with E-state index in [9.17, 15) is 27.5 Å². The molecule has 1 saturated carbocycles. The van der Waals surface area contributed by atoms with E-state index < -0.39 is 71.3 Å². The van der Waals surface area contributed by atoms with Crippen LogP contribution in [0.4, 0.5) is 32.3 Å². The predicted octanol–water partition coefficient (Wildman–Crippen LogP) is 5.22. The van der Waals surface area contributed by atoms with Gasteiger partial charge in [0.05, 0.1) is 11.7 Å². The summed E-state index contributed by atoms with van der Waals surface area (Å²) in [5.41, 5.74) is 4.61. The standard InChI is InChI=1S/C34H28F6N8O2/c1-33(2,50)8-7-20-4-5-21(17-3-6-25-44-45-32(41)47(25)14-17)28(42-20)24(11-16-9-18(35)12-19(36)10-16)43-26(49)15-48-30-27(29(46-48)31(37)38)22-13-23(22)34(30,39)40/h3-6,9-10,12,14,22-24,31,50H,11,13,15H2,1-2H3,(H2,41,45)(H,43,49)/t22-,23+,24?/m0/s1. The SMILES string of the molecule is CC(C)(O)C#Cc1ccc(-c2ccc3nnc(N)n3c2)c(C(Cc2cc(F)cc(F)c2)NC(=O)Cn2nc(C(F)F)c3c2C(F)(F)[C@@H]2C[C@H]32)n1. The Labute approximate surface area is 280 Å². The molecule has 1 fully saturated rings. The number of anilines is 1. The zero-order chi connectivity index (χ0) is 35.7. The number of halogens is 6. The van der Waals surface area contributed by atoms with E-state index in [0.717, 1.165) is 12.1 Å². The van der Waals surface area contributed by atoms with Crippen LogP contribution < -0.4 is 11.1 Å². The molecule has 0 saturated heterocycles. The predicted molar refractivity (Wildman–Crippen MR) is 167 cm³/mol. The molecule has 5 aromatic rings. The minimum atomic E-state index is -3.45. The third-order valence-electron chi connectivity index (χ3n) is 8.65. The van der Waals surface area contributed by atoms with Crippen molar-refractivity contribution < 1.29 is 36.2 Å². The normalized spacial score (nSPS) is 18.0. The lowest BCUT2D eigenvalue weighted by molar-refractivity contribution is -0.123. The number of aromatic nitrogens is 6. The Morgan fingerprint density at radius 3 is 2.56 bits per heavy atom. The number of benzene rings is 1. The highest BCUT2D eigenvalue weighted by Crippen LogP contribution is 2.68. The van der Waals surface area contributed by atoms with E-state index in [2.05, 4.69) is 37.4 Å². The van der Waals surface area contributed by atoms with Crippen molar-refractivity contribution in [2.75, 3.05) is 5.73 Å². The van der Waals surface area contributed by atoms with Crippen LogP contribution in [0.2, 0.25) is 0 Å². The monoisotopic (exact) mass is 694 g/mol. The molecule has 258 valence electrons. The summed E-state index contributed by atoms with van der Waals surface area (Å²) < 4.78 is 89.1. The fourth-order valence-corrected chi connectivity index (χ4v) is 6.47. The van der Waals surface area contributed by atoms with E-state index in [0.29, 0.717) is 27.5 Å². The van der Waals surface area contributed by atoms with Gasteiger partial charge in [-0.15, -0.1) is 10.2 Å². The zero-order valence-corrected chi connectivity index (χ0v) is 26.4. The minimum absolute atomic E-state index is 0.0532. The number of amides is 1. The van der Waals surface area contributed by atoms with Gasteiger partial charge >= 0.3 is 0 Å². The van der Waals surface area contributed by atoms with Crippen molar-refractivity contribution in [1.29, 1.82) is 0 Å². The number of hydrogen-bond acceptors (Lipinski definition) is 7. The van der Waals surface area contributed by atoms with Crippen molar-refractivity contribution in [1.82, 2.24) is 34.7 Å². The summed E-state index contributed by atoms with van der Waals surface area (Å²) in [7, 11) is 0. The fourth-order valence-electron chi connectivity index (χ4n) is 6.47. The van der Waals surface area contributed by atoms with Gasteiger partial charge in [0.2, 0.25) is 11.9 Å². The topological polar surface area (TPSA) is 136 Å². The summed E-state index contributed by atoms with van der Waals surface area (Å²) >= 11 is 0. The second kappa shape index (κ2) is 11.9. The molecule has 1 amide bonds. The van der Waals surface area contributed by atoms with Crippen LogP contribution in [-0.4, -0.2) is 46.0 Å². The van der Waals surface area contributed by atoms with Crippen molar-refractivity contribution in [2.45, 2.75) is 63.1 Å². The third kappa shape index (κ3) is 6.13. The fraction of sp³-hybridized carbons (Fsp3) is 0.324. The molecular formula is C34H28F6N8O2. The highest BCUT2D eigenvalue weighted by Gasteiger charge is 2.67. The van der Waals surface area contributed by atoms with Gasteiger partial charge in [-0.1, -0.05) is 5.92 Å². The molecule has 1 aromatic carbocycles. The number of rotatable bonds is 8. The van der Waals surface area contributed by atoms with E-state index >= 15 is 8.78 Å². The van der Waals surface area contributed by atoms with E-state index in [4.69, 9.17) is 5.73 Å². The molecule has 2 aliphatic carbocycles. The van der Waals surface area contributed by atoms with Gasteiger partial charge in [-0.05, 0) is 80.5 Å². The number of nitrogens with two attached hydrogens (primary N) is 1. The number of nitrogen functional groups attached to an aromatic ring is 1. The summed E-state index contributed by atoms with van der Waals surface area (Å²) in [4.78, 5) is 18.4. The van der Waals surface area contributed by atoms with Crippen molar-refractivity contribution >= 4 is 17.5 Å². The van der Waals surface area contributed by atoms with E-state index in [1.807, 2.05) is 0 Å². The Hall–Kier alpha value is -5.43. The number of fused-ring (bicyclic) bond motifs is 4. The zero-order valence-electron chi connectivity index (χ0n) is 26.4. The molecule has 4 aromatic heterocycles. The lowest BCUT2D eigenvalue weighted by Crippen LogP contribution is -2.35. The number of pyridine rings is 2. The average molecular weight is 695 g/mol. The van der Waals surface area contributed by atoms with Gasteiger partial charge in [0.25, 0.3) is 12.3 Å². The van der Waals surface area contributed by atoms with Gasteiger partial charge in [-0.2, -0.15) is 13.9 Å². The number of hydrogen-bond donors (Lipinski definition) is 3. The van der Waals surface area contributed by atoms with Gasteiger partial charge in [-0.25, -0.2) is 22.5 Å². The smallest absolute Gasteiger partial charge is 0.293 e. The maximum absolute atomic E-state index is 15.2. The summed E-state index contributed by atoms with van der Waals surface area (Å²) in [6.45, 7) is 2.08. The molecule has 4 heterocycles. The Kier molecular flexibility index (Phi) is 7.85. The number of carbonyl (C=O) groups excluding carboxylic acids is 1. The third-order valence-corrected chi connectivity index (χ3v) is 8.65. The van der Waals surface area contributed by atoms with Crippen LogP contribution >= 0.6 is 0 Å². The number of aliphatic hydroxyl groups is 1. The molecule has 7 rings (SSSR count). The Morgan fingerprint density at radius 1 is 1.12 bits per heavy atom. The quantitative estimate of drug-likeness (QED) is 0.150. The molecule has 2 aliphatic rings. The molecule has 1 unspecified atom stereocenters. The lowest BCUT2D eigenvalue weighted by atomic mass is 9.95. The van der Waals surface area contributed by atoms with Crippen molar-refractivity contribution in [3.63, 3.8) is 0 Å². The van der Waals surface area contributed by atoms with Crippen LogP contribution in [0.3, 0.4) is 0 Å². The van der Waals surface area contributed by atoms with Crippen molar-refractivity contribution in [3.05, 3.63) is 94.2 Å². The van der Waals surface area contributed by atoms with Gasteiger partial charge < -0.3 is 16.2 Å². The molecule has 0 radical (unpaired) electrons. The highest BCUT2D eigenvalue weighted by atomic mass is 19.3. The van der Waals surface area contributed by atoms with E-state index in [1.165, 1.54) is 18.2 Å². The van der Waals surface area contributed by atoms with Crippen LogP contribution in [0.25, 0.3) is 16.8 Å².